The molecule has 0 N–H and O–H groups in total. The van der Waals surface area contributed by atoms with Gasteiger partial charge in [-0.25, -0.2) is 4.98 Å². The summed E-state index contributed by atoms with van der Waals surface area (Å²) in [5.74, 6) is 0.874. The molecule has 0 aromatic carbocycles. The quantitative estimate of drug-likeness (QED) is 0.826. The van der Waals surface area contributed by atoms with Crippen molar-refractivity contribution in [1.29, 1.82) is 0 Å². The summed E-state index contributed by atoms with van der Waals surface area (Å²) < 4.78 is 5.05. The van der Waals surface area contributed by atoms with E-state index in [1.165, 1.54) is 0 Å². The molecule has 1 amide bonds. The molecule has 18 heavy (non-hydrogen) atoms. The molecule has 1 aliphatic rings. The summed E-state index contributed by atoms with van der Waals surface area (Å²) in [5.41, 5.74) is 0.697. The number of methoxy groups -OCH3 is 1. The Morgan fingerprint density at radius 3 is 2.89 bits per heavy atom. The molecule has 0 atom stereocenters. The van der Waals surface area contributed by atoms with Crippen LogP contribution in [0.4, 0.5) is 5.82 Å². The van der Waals surface area contributed by atoms with Gasteiger partial charge in [0.05, 0.1) is 23.9 Å². The molecule has 98 valence electrons. The van der Waals surface area contributed by atoms with Crippen LogP contribution < -0.4 is 4.90 Å². The summed E-state index contributed by atoms with van der Waals surface area (Å²) in [7, 11) is 3.41. The Labute approximate surface area is 111 Å². The van der Waals surface area contributed by atoms with Crippen molar-refractivity contribution in [3.63, 3.8) is 0 Å². The van der Waals surface area contributed by atoms with E-state index in [2.05, 4.69) is 4.98 Å². The van der Waals surface area contributed by atoms with Crippen LogP contribution >= 0.6 is 11.6 Å². The number of pyridine rings is 1. The average Bonchev–Trinajstić information content (AvgIpc) is 2.36. The number of rotatable bonds is 3. The average molecular weight is 270 g/mol. The van der Waals surface area contributed by atoms with E-state index in [9.17, 15) is 4.79 Å². The van der Waals surface area contributed by atoms with Crippen molar-refractivity contribution < 1.29 is 9.53 Å². The van der Waals surface area contributed by atoms with E-state index in [0.29, 0.717) is 30.4 Å². The smallest absolute Gasteiger partial charge is 0.241 e. The highest BCUT2D eigenvalue weighted by Gasteiger charge is 2.22. The van der Waals surface area contributed by atoms with Gasteiger partial charge in [0, 0.05) is 27.2 Å². The first-order valence-corrected chi connectivity index (χ1v) is 6.13. The van der Waals surface area contributed by atoms with Crippen molar-refractivity contribution in [3.8, 4) is 0 Å². The molecule has 1 aromatic heterocycles. The molecule has 1 aliphatic heterocycles. The van der Waals surface area contributed by atoms with Crippen molar-refractivity contribution in [2.75, 3.05) is 38.7 Å². The zero-order chi connectivity index (χ0) is 13.1. The third-order valence-electron chi connectivity index (χ3n) is 2.97. The lowest BCUT2D eigenvalue weighted by atomic mass is 10.3. The Morgan fingerprint density at radius 1 is 1.44 bits per heavy atom. The number of carbonyl (C=O) groups excluding carboxylic acids is 1. The van der Waals surface area contributed by atoms with Gasteiger partial charge in [-0.15, -0.1) is 0 Å². The maximum absolute atomic E-state index is 11.7. The SMILES string of the molecule is COCc1nc(N2CCN(C)C(=O)C2)ccc1Cl. The zero-order valence-corrected chi connectivity index (χ0v) is 11.3. The minimum Gasteiger partial charge on any atom is -0.378 e. The molecular formula is C12H16ClN3O2. The van der Waals surface area contributed by atoms with Crippen LogP contribution in [0.1, 0.15) is 5.69 Å². The van der Waals surface area contributed by atoms with Crippen LogP contribution in [0, 0.1) is 0 Å². The fraction of sp³-hybridized carbons (Fsp3) is 0.500. The van der Waals surface area contributed by atoms with Gasteiger partial charge in [-0.2, -0.15) is 0 Å². The van der Waals surface area contributed by atoms with Crippen LogP contribution in [-0.4, -0.2) is 49.6 Å². The van der Waals surface area contributed by atoms with E-state index in [-0.39, 0.29) is 5.91 Å². The minimum absolute atomic E-state index is 0.103. The Morgan fingerprint density at radius 2 is 2.22 bits per heavy atom. The molecule has 0 bridgehead atoms. The number of hydrogen-bond acceptors (Lipinski definition) is 4. The fourth-order valence-electron chi connectivity index (χ4n) is 1.84. The molecule has 5 nitrogen and oxygen atoms in total. The number of aromatic nitrogens is 1. The highest BCUT2D eigenvalue weighted by molar-refractivity contribution is 6.31. The second-order valence-corrected chi connectivity index (χ2v) is 4.68. The lowest BCUT2D eigenvalue weighted by molar-refractivity contribution is -0.129. The topological polar surface area (TPSA) is 45.7 Å². The van der Waals surface area contributed by atoms with Gasteiger partial charge >= 0.3 is 0 Å². The summed E-state index contributed by atoms with van der Waals surface area (Å²) in [4.78, 5) is 19.8. The molecule has 6 heteroatoms. The van der Waals surface area contributed by atoms with Crippen LogP contribution in [-0.2, 0) is 16.1 Å². The summed E-state index contributed by atoms with van der Waals surface area (Å²) in [5, 5.41) is 0.584. The number of hydrogen-bond donors (Lipinski definition) is 0. The molecule has 0 saturated carbocycles. The molecule has 2 rings (SSSR count). The third kappa shape index (κ3) is 2.73. The van der Waals surface area contributed by atoms with Crippen molar-refractivity contribution in [3.05, 3.63) is 22.8 Å². The molecule has 0 unspecified atom stereocenters. The number of halogens is 1. The van der Waals surface area contributed by atoms with Gasteiger partial charge in [-0.3, -0.25) is 4.79 Å². The van der Waals surface area contributed by atoms with Gasteiger partial charge in [0.1, 0.15) is 5.82 Å². The molecular weight excluding hydrogens is 254 g/mol. The number of ether oxygens (including phenoxy) is 1. The lowest BCUT2D eigenvalue weighted by Crippen LogP contribution is -2.48. The number of nitrogens with zero attached hydrogens (tertiary/aromatic N) is 3. The molecule has 1 aromatic rings. The first kappa shape index (κ1) is 13.1. The zero-order valence-electron chi connectivity index (χ0n) is 10.5. The largest absolute Gasteiger partial charge is 0.378 e. The van der Waals surface area contributed by atoms with Gasteiger partial charge in [0.25, 0.3) is 0 Å². The molecule has 0 radical (unpaired) electrons. The molecule has 0 aliphatic carbocycles. The van der Waals surface area contributed by atoms with Gasteiger partial charge in [0.2, 0.25) is 5.91 Å². The maximum Gasteiger partial charge on any atom is 0.241 e. The van der Waals surface area contributed by atoms with Crippen molar-refractivity contribution in [2.24, 2.45) is 0 Å². The Balaban J connectivity index is 2.18. The van der Waals surface area contributed by atoms with Crippen LogP contribution in [0.25, 0.3) is 0 Å². The predicted octanol–water partition coefficient (Wildman–Crippen LogP) is 1.16. The van der Waals surface area contributed by atoms with E-state index in [0.717, 1.165) is 12.4 Å². The maximum atomic E-state index is 11.7. The Bertz CT molecular complexity index is 453. The van der Waals surface area contributed by atoms with Gasteiger partial charge < -0.3 is 14.5 Å². The van der Waals surface area contributed by atoms with E-state index < -0.39 is 0 Å². The van der Waals surface area contributed by atoms with E-state index in [1.807, 2.05) is 18.0 Å². The standard InChI is InChI=1S/C12H16ClN3O2/c1-15-5-6-16(7-12(15)17)11-4-3-9(13)10(14-11)8-18-2/h3-4H,5-8H2,1-2H3. The van der Waals surface area contributed by atoms with Crippen molar-refractivity contribution in [1.82, 2.24) is 9.88 Å². The Hall–Kier alpha value is -1.33. The second-order valence-electron chi connectivity index (χ2n) is 4.27. The summed E-state index contributed by atoms with van der Waals surface area (Å²) >= 11 is 6.03. The van der Waals surface area contributed by atoms with Crippen LogP contribution in [0.3, 0.4) is 0 Å². The van der Waals surface area contributed by atoms with Crippen molar-refractivity contribution in [2.45, 2.75) is 6.61 Å². The van der Waals surface area contributed by atoms with E-state index >= 15 is 0 Å². The highest BCUT2D eigenvalue weighted by Crippen LogP contribution is 2.21. The second kappa shape index (κ2) is 5.54. The minimum atomic E-state index is 0.103. The normalized spacial score (nSPS) is 16.3. The number of amides is 1. The molecule has 1 fully saturated rings. The van der Waals surface area contributed by atoms with Gasteiger partial charge in [0.15, 0.2) is 0 Å². The number of anilines is 1. The van der Waals surface area contributed by atoms with Crippen molar-refractivity contribution >= 4 is 23.3 Å². The van der Waals surface area contributed by atoms with E-state index in [4.69, 9.17) is 16.3 Å². The monoisotopic (exact) mass is 269 g/mol. The summed E-state index contributed by atoms with van der Waals surface area (Å²) in [6.45, 7) is 2.22. The summed E-state index contributed by atoms with van der Waals surface area (Å²) in [6.07, 6.45) is 0. The first-order valence-electron chi connectivity index (χ1n) is 5.75. The summed E-state index contributed by atoms with van der Waals surface area (Å²) in [6, 6.07) is 3.63. The Kier molecular flexibility index (Phi) is 4.04. The molecule has 0 spiro atoms. The van der Waals surface area contributed by atoms with Crippen LogP contribution in [0.2, 0.25) is 5.02 Å². The highest BCUT2D eigenvalue weighted by atomic mass is 35.5. The first-order chi connectivity index (χ1) is 8.61. The molecule has 2 heterocycles. The molecule has 1 saturated heterocycles. The van der Waals surface area contributed by atoms with Gasteiger partial charge in [-0.1, -0.05) is 11.6 Å². The number of piperazine rings is 1. The predicted molar refractivity (Wildman–Crippen MR) is 69.8 cm³/mol. The number of carbonyl (C=O) groups is 1. The fourth-order valence-corrected chi connectivity index (χ4v) is 2.00. The van der Waals surface area contributed by atoms with Gasteiger partial charge in [-0.05, 0) is 12.1 Å². The van der Waals surface area contributed by atoms with E-state index in [1.54, 1.807) is 18.1 Å². The number of likely N-dealkylation sites (N-methyl/N-ethyl adjacent to an activating group) is 1. The van der Waals surface area contributed by atoms with Crippen LogP contribution in [0.5, 0.6) is 0 Å². The third-order valence-corrected chi connectivity index (χ3v) is 3.31. The van der Waals surface area contributed by atoms with Crippen LogP contribution in [0.15, 0.2) is 12.1 Å². The lowest BCUT2D eigenvalue weighted by Gasteiger charge is -2.32.